The van der Waals surface area contributed by atoms with Crippen LogP contribution in [0.25, 0.3) is 0 Å². The van der Waals surface area contributed by atoms with E-state index in [0.29, 0.717) is 18.8 Å². The molecular formula is C16H24FN3O3. The van der Waals surface area contributed by atoms with Crippen LogP contribution in [0.1, 0.15) is 26.7 Å². The number of aliphatic hydroxyl groups is 1. The quantitative estimate of drug-likeness (QED) is 0.848. The average molecular weight is 325 g/mol. The number of ether oxygens (including phenoxy) is 1. The summed E-state index contributed by atoms with van der Waals surface area (Å²) in [5.41, 5.74) is -1.99. The summed E-state index contributed by atoms with van der Waals surface area (Å²) in [4.78, 5) is 18.0. The molecule has 1 unspecified atom stereocenters. The topological polar surface area (TPSA) is 74.7 Å². The van der Waals surface area contributed by atoms with Gasteiger partial charge in [0.25, 0.3) is 5.91 Å². The van der Waals surface area contributed by atoms with E-state index in [1.807, 2.05) is 4.90 Å². The van der Waals surface area contributed by atoms with E-state index in [-0.39, 0.29) is 12.5 Å². The fraction of sp³-hybridized carbons (Fsp3) is 0.625. The standard InChI is InChI=1S/C16H24FN3O3/c1-15(2,23-3)14(21)19-10-16(22)7-4-8-20(11-16)13-6-5-12(17)9-18-13/h5-6,9,22H,4,7-8,10-11H2,1-3H3,(H,19,21). The van der Waals surface area contributed by atoms with Gasteiger partial charge in [-0.15, -0.1) is 0 Å². The molecule has 1 amide bonds. The molecule has 1 aromatic heterocycles. The molecule has 1 aromatic rings. The van der Waals surface area contributed by atoms with Crippen molar-refractivity contribution in [2.75, 3.05) is 31.6 Å². The normalized spacial score (nSPS) is 22.0. The molecule has 2 N–H and O–H groups in total. The molecule has 0 aliphatic carbocycles. The Balaban J connectivity index is 1.98. The zero-order valence-electron chi connectivity index (χ0n) is 13.8. The Bertz CT molecular complexity index is 550. The van der Waals surface area contributed by atoms with Gasteiger partial charge in [-0.2, -0.15) is 0 Å². The summed E-state index contributed by atoms with van der Waals surface area (Å²) in [5, 5.41) is 13.5. The fourth-order valence-electron chi connectivity index (χ4n) is 2.56. The van der Waals surface area contributed by atoms with Crippen molar-refractivity contribution in [3.8, 4) is 0 Å². The van der Waals surface area contributed by atoms with E-state index in [2.05, 4.69) is 10.3 Å². The number of hydrogen-bond acceptors (Lipinski definition) is 5. The number of carbonyl (C=O) groups excluding carboxylic acids is 1. The highest BCUT2D eigenvalue weighted by Crippen LogP contribution is 2.24. The van der Waals surface area contributed by atoms with Crippen molar-refractivity contribution in [3.63, 3.8) is 0 Å². The van der Waals surface area contributed by atoms with Gasteiger partial charge in [-0.25, -0.2) is 9.37 Å². The van der Waals surface area contributed by atoms with Crippen molar-refractivity contribution >= 4 is 11.7 Å². The first-order valence-corrected chi connectivity index (χ1v) is 7.68. The smallest absolute Gasteiger partial charge is 0.251 e. The molecule has 1 atom stereocenters. The van der Waals surface area contributed by atoms with Crippen LogP contribution in [0.3, 0.4) is 0 Å². The Labute approximate surface area is 135 Å². The van der Waals surface area contributed by atoms with Gasteiger partial charge in [0.15, 0.2) is 0 Å². The number of pyridine rings is 1. The van der Waals surface area contributed by atoms with Gasteiger partial charge in [0.05, 0.1) is 11.8 Å². The lowest BCUT2D eigenvalue weighted by atomic mass is 9.92. The number of anilines is 1. The van der Waals surface area contributed by atoms with Crippen LogP contribution < -0.4 is 10.2 Å². The Morgan fingerprint density at radius 1 is 1.57 bits per heavy atom. The minimum atomic E-state index is -1.05. The van der Waals surface area contributed by atoms with Gasteiger partial charge in [-0.1, -0.05) is 0 Å². The monoisotopic (exact) mass is 325 g/mol. The maximum Gasteiger partial charge on any atom is 0.251 e. The average Bonchev–Trinajstić information content (AvgIpc) is 2.53. The van der Waals surface area contributed by atoms with Crippen LogP contribution in [-0.2, 0) is 9.53 Å². The van der Waals surface area contributed by atoms with Gasteiger partial charge in [0.2, 0.25) is 0 Å². The number of piperidine rings is 1. The summed E-state index contributed by atoms with van der Waals surface area (Å²) >= 11 is 0. The number of nitrogens with one attached hydrogen (secondary N) is 1. The molecule has 2 rings (SSSR count). The summed E-state index contributed by atoms with van der Waals surface area (Å²) < 4.78 is 18.1. The van der Waals surface area contributed by atoms with Gasteiger partial charge in [-0.05, 0) is 38.8 Å². The number of aromatic nitrogens is 1. The van der Waals surface area contributed by atoms with Crippen LogP contribution in [0.4, 0.5) is 10.2 Å². The number of hydrogen-bond donors (Lipinski definition) is 2. The van der Waals surface area contributed by atoms with Gasteiger partial charge in [0, 0.05) is 26.7 Å². The van der Waals surface area contributed by atoms with Crippen LogP contribution in [0.5, 0.6) is 0 Å². The molecule has 23 heavy (non-hydrogen) atoms. The zero-order valence-corrected chi connectivity index (χ0v) is 13.8. The molecule has 0 aromatic carbocycles. The molecule has 128 valence electrons. The van der Waals surface area contributed by atoms with Crippen LogP contribution >= 0.6 is 0 Å². The molecule has 1 fully saturated rings. The van der Waals surface area contributed by atoms with E-state index >= 15 is 0 Å². The Morgan fingerprint density at radius 3 is 2.91 bits per heavy atom. The predicted molar refractivity (Wildman–Crippen MR) is 84.7 cm³/mol. The molecule has 0 radical (unpaired) electrons. The lowest BCUT2D eigenvalue weighted by molar-refractivity contribution is -0.140. The van der Waals surface area contributed by atoms with E-state index in [0.717, 1.165) is 19.2 Å². The van der Waals surface area contributed by atoms with Crippen molar-refractivity contribution < 1.29 is 19.0 Å². The zero-order chi connectivity index (χ0) is 17.1. The first-order chi connectivity index (χ1) is 10.8. The van der Waals surface area contributed by atoms with Crippen molar-refractivity contribution in [2.24, 2.45) is 0 Å². The minimum Gasteiger partial charge on any atom is -0.386 e. The third-order valence-electron chi connectivity index (χ3n) is 4.23. The summed E-state index contributed by atoms with van der Waals surface area (Å²) in [6.45, 7) is 4.54. The van der Waals surface area contributed by atoms with E-state index in [9.17, 15) is 14.3 Å². The molecule has 1 saturated heterocycles. The number of nitrogens with zero attached hydrogens (tertiary/aromatic N) is 2. The highest BCUT2D eigenvalue weighted by molar-refractivity contribution is 5.84. The summed E-state index contributed by atoms with van der Waals surface area (Å²) in [7, 11) is 1.47. The first-order valence-electron chi connectivity index (χ1n) is 7.68. The highest BCUT2D eigenvalue weighted by atomic mass is 19.1. The van der Waals surface area contributed by atoms with Crippen LogP contribution in [0, 0.1) is 5.82 Å². The maximum atomic E-state index is 13.0. The fourth-order valence-corrected chi connectivity index (χ4v) is 2.56. The SMILES string of the molecule is COC(C)(C)C(=O)NCC1(O)CCCN(c2ccc(F)cn2)C1. The van der Waals surface area contributed by atoms with E-state index in [4.69, 9.17) is 4.74 Å². The highest BCUT2D eigenvalue weighted by Gasteiger charge is 2.36. The second kappa shape index (κ2) is 6.80. The van der Waals surface area contributed by atoms with Gasteiger partial charge < -0.3 is 20.1 Å². The maximum absolute atomic E-state index is 13.0. The Hall–Kier alpha value is -1.73. The number of carbonyl (C=O) groups is 1. The number of methoxy groups -OCH3 is 1. The Morgan fingerprint density at radius 2 is 2.30 bits per heavy atom. The van der Waals surface area contributed by atoms with Crippen LogP contribution in [0.2, 0.25) is 0 Å². The summed E-state index contributed by atoms with van der Waals surface area (Å²) in [6.07, 6.45) is 2.50. The number of amides is 1. The number of rotatable bonds is 5. The second-order valence-corrected chi connectivity index (χ2v) is 6.48. The second-order valence-electron chi connectivity index (χ2n) is 6.48. The molecule has 1 aliphatic rings. The molecule has 0 bridgehead atoms. The molecule has 0 spiro atoms. The van der Waals surface area contributed by atoms with Gasteiger partial charge in [0.1, 0.15) is 17.2 Å². The van der Waals surface area contributed by atoms with Crippen molar-refractivity contribution in [2.45, 2.75) is 37.9 Å². The van der Waals surface area contributed by atoms with E-state index < -0.39 is 17.0 Å². The lowest BCUT2D eigenvalue weighted by Crippen LogP contribution is -2.56. The van der Waals surface area contributed by atoms with E-state index in [1.54, 1.807) is 19.9 Å². The van der Waals surface area contributed by atoms with Crippen molar-refractivity contribution in [1.82, 2.24) is 10.3 Å². The largest absolute Gasteiger partial charge is 0.386 e. The van der Waals surface area contributed by atoms with Gasteiger partial charge in [-0.3, -0.25) is 4.79 Å². The van der Waals surface area contributed by atoms with E-state index in [1.165, 1.54) is 13.2 Å². The molecule has 7 heteroatoms. The van der Waals surface area contributed by atoms with Crippen LogP contribution in [0.15, 0.2) is 18.3 Å². The predicted octanol–water partition coefficient (Wildman–Crippen LogP) is 1.09. The third kappa shape index (κ3) is 4.39. The van der Waals surface area contributed by atoms with Crippen LogP contribution in [-0.4, -0.2) is 53.9 Å². The molecule has 0 saturated carbocycles. The molecule has 6 nitrogen and oxygen atoms in total. The Kier molecular flexibility index (Phi) is 5.21. The van der Waals surface area contributed by atoms with Gasteiger partial charge >= 0.3 is 0 Å². The van der Waals surface area contributed by atoms with Crippen molar-refractivity contribution in [1.29, 1.82) is 0 Å². The molecular weight excluding hydrogens is 301 g/mol. The first kappa shape index (κ1) is 17.6. The number of β-amino-alcohol motifs (C(OH)–C–C–N with tert-alkyl or cyclic N) is 1. The number of halogens is 1. The molecule has 2 heterocycles. The minimum absolute atomic E-state index is 0.135. The molecule has 1 aliphatic heterocycles. The van der Waals surface area contributed by atoms with Crippen molar-refractivity contribution in [3.05, 3.63) is 24.1 Å². The summed E-state index contributed by atoms with van der Waals surface area (Å²) in [6, 6.07) is 2.94. The third-order valence-corrected chi connectivity index (χ3v) is 4.23. The summed E-state index contributed by atoms with van der Waals surface area (Å²) in [5.74, 6) is -0.0476. The lowest BCUT2D eigenvalue weighted by Gasteiger charge is -2.40.